The second kappa shape index (κ2) is 4.04. The van der Waals surface area contributed by atoms with Crippen molar-refractivity contribution < 1.29 is 0 Å². The second-order valence-corrected chi connectivity index (χ2v) is 4.88. The van der Waals surface area contributed by atoms with Crippen molar-refractivity contribution in [1.29, 1.82) is 0 Å². The SMILES string of the molecule is CN(C)c1ccc2cnc(C3CCNC3)n2c1. The normalized spacial score (nSPS) is 20.0. The summed E-state index contributed by atoms with van der Waals surface area (Å²) < 4.78 is 2.23. The van der Waals surface area contributed by atoms with E-state index in [1.807, 2.05) is 6.20 Å². The average molecular weight is 230 g/mol. The number of pyridine rings is 1. The Kier molecular flexibility index (Phi) is 2.52. The van der Waals surface area contributed by atoms with Gasteiger partial charge in [0, 0.05) is 32.8 Å². The number of hydrogen-bond acceptors (Lipinski definition) is 3. The molecule has 0 aliphatic carbocycles. The third-order valence-electron chi connectivity index (χ3n) is 3.48. The Balaban J connectivity index is 2.08. The lowest BCUT2D eigenvalue weighted by atomic mass is 10.1. The smallest absolute Gasteiger partial charge is 0.117 e. The average Bonchev–Trinajstić information content (AvgIpc) is 2.96. The minimum absolute atomic E-state index is 0.551. The van der Waals surface area contributed by atoms with Gasteiger partial charge >= 0.3 is 0 Å². The highest BCUT2D eigenvalue weighted by molar-refractivity contribution is 5.55. The maximum absolute atomic E-state index is 4.58. The molecule has 0 bridgehead atoms. The van der Waals surface area contributed by atoms with Crippen LogP contribution in [-0.2, 0) is 0 Å². The van der Waals surface area contributed by atoms with Crippen LogP contribution in [0.5, 0.6) is 0 Å². The number of aromatic nitrogens is 2. The first-order valence-corrected chi connectivity index (χ1v) is 6.11. The number of anilines is 1. The number of imidazole rings is 1. The molecule has 3 rings (SSSR count). The molecule has 0 saturated carbocycles. The van der Waals surface area contributed by atoms with Crippen LogP contribution in [0.2, 0.25) is 0 Å². The minimum atomic E-state index is 0.551. The van der Waals surface area contributed by atoms with Crippen molar-refractivity contribution in [3.8, 4) is 0 Å². The van der Waals surface area contributed by atoms with Gasteiger partial charge in [0.25, 0.3) is 0 Å². The largest absolute Gasteiger partial charge is 0.376 e. The molecular weight excluding hydrogens is 212 g/mol. The van der Waals surface area contributed by atoms with E-state index >= 15 is 0 Å². The maximum Gasteiger partial charge on any atom is 0.117 e. The summed E-state index contributed by atoms with van der Waals surface area (Å²) in [6.07, 6.45) is 5.33. The van der Waals surface area contributed by atoms with Crippen LogP contribution in [0.25, 0.3) is 5.52 Å². The van der Waals surface area contributed by atoms with Crippen LogP contribution in [0.4, 0.5) is 5.69 Å². The van der Waals surface area contributed by atoms with Gasteiger partial charge in [0.2, 0.25) is 0 Å². The summed E-state index contributed by atoms with van der Waals surface area (Å²) in [5.74, 6) is 1.74. The van der Waals surface area contributed by atoms with Gasteiger partial charge in [-0.3, -0.25) is 0 Å². The fourth-order valence-electron chi connectivity index (χ4n) is 2.44. The summed E-state index contributed by atoms with van der Waals surface area (Å²) in [6, 6.07) is 4.27. The van der Waals surface area contributed by atoms with E-state index in [0.717, 1.165) is 13.1 Å². The van der Waals surface area contributed by atoms with Crippen molar-refractivity contribution >= 4 is 11.2 Å². The Labute approximate surface area is 101 Å². The lowest BCUT2D eigenvalue weighted by molar-refractivity contribution is 0.698. The van der Waals surface area contributed by atoms with Gasteiger partial charge in [-0.2, -0.15) is 0 Å². The van der Waals surface area contributed by atoms with Crippen LogP contribution in [-0.4, -0.2) is 36.6 Å². The Morgan fingerprint density at radius 2 is 2.29 bits per heavy atom. The first kappa shape index (κ1) is 10.6. The van der Waals surface area contributed by atoms with Crippen molar-refractivity contribution in [1.82, 2.24) is 14.7 Å². The third kappa shape index (κ3) is 1.78. The minimum Gasteiger partial charge on any atom is -0.376 e. The highest BCUT2D eigenvalue weighted by Crippen LogP contribution is 2.24. The number of hydrogen-bond donors (Lipinski definition) is 1. The van der Waals surface area contributed by atoms with Crippen molar-refractivity contribution in [2.75, 3.05) is 32.1 Å². The first-order valence-electron chi connectivity index (χ1n) is 6.11. The molecule has 0 aromatic carbocycles. The molecule has 0 amide bonds. The molecular formula is C13H18N4. The molecule has 17 heavy (non-hydrogen) atoms. The topological polar surface area (TPSA) is 32.6 Å². The molecule has 3 heterocycles. The van der Waals surface area contributed by atoms with Gasteiger partial charge in [-0.15, -0.1) is 0 Å². The van der Waals surface area contributed by atoms with E-state index in [1.54, 1.807) is 0 Å². The molecule has 0 spiro atoms. The Bertz CT molecular complexity index is 523. The molecule has 1 aliphatic rings. The van der Waals surface area contributed by atoms with E-state index in [9.17, 15) is 0 Å². The zero-order chi connectivity index (χ0) is 11.8. The Hall–Kier alpha value is -1.55. The van der Waals surface area contributed by atoms with E-state index in [2.05, 4.69) is 52.0 Å². The second-order valence-electron chi connectivity index (χ2n) is 4.88. The van der Waals surface area contributed by atoms with Crippen LogP contribution in [0.15, 0.2) is 24.5 Å². The molecule has 1 atom stereocenters. The number of nitrogens with zero attached hydrogens (tertiary/aromatic N) is 3. The van der Waals surface area contributed by atoms with Gasteiger partial charge in [-0.1, -0.05) is 0 Å². The summed E-state index contributed by atoms with van der Waals surface area (Å²) in [5, 5.41) is 3.40. The molecule has 1 fully saturated rings. The van der Waals surface area contributed by atoms with Gasteiger partial charge in [-0.25, -0.2) is 4.98 Å². The molecule has 4 nitrogen and oxygen atoms in total. The zero-order valence-corrected chi connectivity index (χ0v) is 10.3. The number of nitrogens with one attached hydrogen (secondary N) is 1. The lowest BCUT2D eigenvalue weighted by Gasteiger charge is -2.14. The molecule has 4 heteroatoms. The molecule has 1 N–H and O–H groups in total. The maximum atomic E-state index is 4.58. The van der Waals surface area contributed by atoms with Crippen molar-refractivity contribution in [2.45, 2.75) is 12.3 Å². The highest BCUT2D eigenvalue weighted by Gasteiger charge is 2.20. The summed E-state index contributed by atoms with van der Waals surface area (Å²) in [6.45, 7) is 2.15. The number of fused-ring (bicyclic) bond motifs is 1. The quantitative estimate of drug-likeness (QED) is 0.848. The van der Waals surface area contributed by atoms with Gasteiger partial charge in [-0.05, 0) is 25.1 Å². The molecule has 1 unspecified atom stereocenters. The predicted molar refractivity (Wildman–Crippen MR) is 69.7 cm³/mol. The molecule has 90 valence electrons. The highest BCUT2D eigenvalue weighted by atomic mass is 15.1. The van der Waals surface area contributed by atoms with Crippen LogP contribution in [0, 0.1) is 0 Å². The van der Waals surface area contributed by atoms with Gasteiger partial charge in [0.15, 0.2) is 0 Å². The third-order valence-corrected chi connectivity index (χ3v) is 3.48. The molecule has 1 saturated heterocycles. The van der Waals surface area contributed by atoms with Crippen molar-refractivity contribution in [3.05, 3.63) is 30.4 Å². The van der Waals surface area contributed by atoms with Gasteiger partial charge < -0.3 is 14.6 Å². The Morgan fingerprint density at radius 3 is 3.00 bits per heavy atom. The summed E-state index contributed by atoms with van der Waals surface area (Å²) in [4.78, 5) is 6.70. The van der Waals surface area contributed by atoms with Crippen LogP contribution >= 0.6 is 0 Å². The van der Waals surface area contributed by atoms with E-state index in [1.165, 1.54) is 23.4 Å². The summed E-state index contributed by atoms with van der Waals surface area (Å²) in [7, 11) is 4.13. The van der Waals surface area contributed by atoms with Crippen LogP contribution in [0.1, 0.15) is 18.2 Å². The van der Waals surface area contributed by atoms with Gasteiger partial charge in [0.1, 0.15) is 5.82 Å². The summed E-state index contributed by atoms with van der Waals surface area (Å²) in [5.41, 5.74) is 2.39. The first-order chi connectivity index (χ1) is 8.25. The van der Waals surface area contributed by atoms with Crippen molar-refractivity contribution in [2.24, 2.45) is 0 Å². The fourth-order valence-corrected chi connectivity index (χ4v) is 2.44. The molecule has 2 aromatic rings. The predicted octanol–water partition coefficient (Wildman–Crippen LogP) is 1.48. The zero-order valence-electron chi connectivity index (χ0n) is 10.3. The van der Waals surface area contributed by atoms with E-state index in [0.29, 0.717) is 5.92 Å². The Morgan fingerprint density at radius 1 is 1.41 bits per heavy atom. The van der Waals surface area contributed by atoms with Gasteiger partial charge in [0.05, 0.1) is 17.4 Å². The molecule has 2 aromatic heterocycles. The lowest BCUT2D eigenvalue weighted by Crippen LogP contribution is -2.12. The number of rotatable bonds is 2. The monoisotopic (exact) mass is 230 g/mol. The van der Waals surface area contributed by atoms with E-state index in [4.69, 9.17) is 0 Å². The standard InChI is InChI=1S/C13H18N4/c1-16(2)12-4-3-11-8-15-13(17(11)9-12)10-5-6-14-7-10/h3-4,8-10,14H,5-7H2,1-2H3. The van der Waals surface area contributed by atoms with Crippen LogP contribution in [0.3, 0.4) is 0 Å². The molecule has 1 aliphatic heterocycles. The molecule has 0 radical (unpaired) electrons. The van der Waals surface area contributed by atoms with E-state index in [-0.39, 0.29) is 0 Å². The summed E-state index contributed by atoms with van der Waals surface area (Å²) >= 11 is 0. The van der Waals surface area contributed by atoms with Crippen molar-refractivity contribution in [3.63, 3.8) is 0 Å². The fraction of sp³-hybridized carbons (Fsp3) is 0.462. The van der Waals surface area contributed by atoms with Crippen LogP contribution < -0.4 is 10.2 Å². The van der Waals surface area contributed by atoms with E-state index < -0.39 is 0 Å².